The van der Waals surface area contributed by atoms with Crippen LogP contribution in [-0.4, -0.2) is 23.6 Å². The number of aromatic nitrogens is 2. The fourth-order valence-electron chi connectivity index (χ4n) is 2.91. The summed E-state index contributed by atoms with van der Waals surface area (Å²) < 4.78 is 0. The first kappa shape index (κ1) is 12.0. The SMILES string of the molecule is CN1CCc2cc(-c3nc(N)c4c(n3)CSC4)ccc21. The van der Waals surface area contributed by atoms with Crippen molar-refractivity contribution in [3.63, 3.8) is 0 Å². The van der Waals surface area contributed by atoms with Crippen LogP contribution in [-0.2, 0) is 17.9 Å². The first-order valence-electron chi connectivity index (χ1n) is 6.80. The van der Waals surface area contributed by atoms with E-state index in [-0.39, 0.29) is 0 Å². The van der Waals surface area contributed by atoms with Gasteiger partial charge in [0.1, 0.15) is 5.82 Å². The molecule has 5 heteroatoms. The highest BCUT2D eigenvalue weighted by Gasteiger charge is 2.20. The van der Waals surface area contributed by atoms with Crippen LogP contribution in [0, 0.1) is 0 Å². The Balaban J connectivity index is 1.80. The molecular formula is C15H16N4S. The lowest BCUT2D eigenvalue weighted by molar-refractivity contribution is 0.956. The number of nitrogens with zero attached hydrogens (tertiary/aromatic N) is 3. The van der Waals surface area contributed by atoms with Crippen molar-refractivity contribution in [2.24, 2.45) is 0 Å². The van der Waals surface area contributed by atoms with Crippen LogP contribution in [0.3, 0.4) is 0 Å². The molecule has 2 aliphatic heterocycles. The average molecular weight is 284 g/mol. The zero-order chi connectivity index (χ0) is 13.7. The maximum absolute atomic E-state index is 6.07. The molecule has 20 heavy (non-hydrogen) atoms. The van der Waals surface area contributed by atoms with Crippen molar-refractivity contribution >= 4 is 23.3 Å². The van der Waals surface area contributed by atoms with Crippen molar-refractivity contribution in [2.45, 2.75) is 17.9 Å². The summed E-state index contributed by atoms with van der Waals surface area (Å²) in [4.78, 5) is 11.5. The van der Waals surface area contributed by atoms with E-state index in [1.54, 1.807) is 0 Å². The smallest absolute Gasteiger partial charge is 0.161 e. The summed E-state index contributed by atoms with van der Waals surface area (Å²) in [7, 11) is 2.13. The second-order valence-electron chi connectivity index (χ2n) is 5.37. The third-order valence-corrected chi connectivity index (χ3v) is 5.05. The second kappa shape index (κ2) is 4.38. The van der Waals surface area contributed by atoms with Crippen molar-refractivity contribution in [2.75, 3.05) is 24.2 Å². The van der Waals surface area contributed by atoms with Gasteiger partial charge in [0.05, 0.1) is 5.69 Å². The molecule has 0 amide bonds. The summed E-state index contributed by atoms with van der Waals surface area (Å²) in [6.45, 7) is 1.09. The number of nitrogens with two attached hydrogens (primary N) is 1. The summed E-state index contributed by atoms with van der Waals surface area (Å²) in [5.74, 6) is 3.30. The topological polar surface area (TPSA) is 55.0 Å². The van der Waals surface area contributed by atoms with Gasteiger partial charge in [-0.2, -0.15) is 11.8 Å². The van der Waals surface area contributed by atoms with E-state index in [0.717, 1.165) is 47.1 Å². The van der Waals surface area contributed by atoms with E-state index < -0.39 is 0 Å². The molecule has 0 unspecified atom stereocenters. The summed E-state index contributed by atoms with van der Waals surface area (Å²) in [6.07, 6.45) is 1.09. The molecule has 1 aromatic carbocycles. The van der Waals surface area contributed by atoms with Gasteiger partial charge in [-0.1, -0.05) is 0 Å². The van der Waals surface area contributed by atoms with Crippen LogP contribution in [0.1, 0.15) is 16.8 Å². The molecule has 0 radical (unpaired) electrons. The van der Waals surface area contributed by atoms with E-state index in [0.29, 0.717) is 5.82 Å². The maximum Gasteiger partial charge on any atom is 0.161 e. The monoisotopic (exact) mass is 284 g/mol. The normalized spacial score (nSPS) is 16.4. The van der Waals surface area contributed by atoms with Gasteiger partial charge in [0.2, 0.25) is 0 Å². The van der Waals surface area contributed by atoms with Gasteiger partial charge in [0.15, 0.2) is 5.82 Å². The number of likely N-dealkylation sites (N-methyl/N-ethyl adjacent to an activating group) is 1. The highest BCUT2D eigenvalue weighted by Crippen LogP contribution is 2.35. The molecular weight excluding hydrogens is 268 g/mol. The minimum Gasteiger partial charge on any atom is -0.383 e. The van der Waals surface area contributed by atoms with Gasteiger partial charge in [-0.3, -0.25) is 0 Å². The van der Waals surface area contributed by atoms with Crippen molar-refractivity contribution in [3.8, 4) is 11.4 Å². The van der Waals surface area contributed by atoms with Gasteiger partial charge >= 0.3 is 0 Å². The maximum atomic E-state index is 6.07. The Kier molecular flexibility index (Phi) is 2.63. The summed E-state index contributed by atoms with van der Waals surface area (Å²) in [6, 6.07) is 6.48. The molecule has 3 heterocycles. The summed E-state index contributed by atoms with van der Waals surface area (Å²) in [5.41, 5.74) is 12.1. The van der Waals surface area contributed by atoms with Crippen LogP contribution in [0.15, 0.2) is 18.2 Å². The molecule has 0 saturated carbocycles. The Morgan fingerprint density at radius 3 is 3.05 bits per heavy atom. The van der Waals surface area contributed by atoms with Gasteiger partial charge < -0.3 is 10.6 Å². The van der Waals surface area contributed by atoms with E-state index in [2.05, 4.69) is 35.1 Å². The van der Waals surface area contributed by atoms with Crippen LogP contribution in [0.2, 0.25) is 0 Å². The van der Waals surface area contributed by atoms with Crippen molar-refractivity contribution in [1.82, 2.24) is 9.97 Å². The Morgan fingerprint density at radius 2 is 2.15 bits per heavy atom. The zero-order valence-corrected chi connectivity index (χ0v) is 12.2. The molecule has 1 aromatic heterocycles. The zero-order valence-electron chi connectivity index (χ0n) is 11.4. The molecule has 0 aliphatic carbocycles. The molecule has 0 atom stereocenters. The number of hydrogen-bond acceptors (Lipinski definition) is 5. The van der Waals surface area contributed by atoms with Gasteiger partial charge in [-0.25, -0.2) is 9.97 Å². The Morgan fingerprint density at radius 1 is 1.25 bits per heavy atom. The second-order valence-corrected chi connectivity index (χ2v) is 6.35. The average Bonchev–Trinajstić information content (AvgIpc) is 3.06. The molecule has 4 nitrogen and oxygen atoms in total. The molecule has 0 saturated heterocycles. The summed E-state index contributed by atoms with van der Waals surface area (Å²) in [5, 5.41) is 0. The molecule has 0 spiro atoms. The lowest BCUT2D eigenvalue weighted by Crippen LogP contribution is -2.12. The Hall–Kier alpha value is -1.75. The van der Waals surface area contributed by atoms with E-state index in [1.165, 1.54) is 11.3 Å². The number of rotatable bonds is 1. The van der Waals surface area contributed by atoms with Gasteiger partial charge in [0, 0.05) is 41.9 Å². The number of anilines is 2. The van der Waals surface area contributed by atoms with E-state index in [9.17, 15) is 0 Å². The van der Waals surface area contributed by atoms with Crippen LogP contribution < -0.4 is 10.6 Å². The molecule has 2 aromatic rings. The number of hydrogen-bond donors (Lipinski definition) is 1. The molecule has 0 fully saturated rings. The third-order valence-electron chi connectivity index (χ3n) is 4.08. The van der Waals surface area contributed by atoms with E-state index in [1.807, 2.05) is 11.8 Å². The Bertz CT molecular complexity index is 699. The molecule has 0 bridgehead atoms. The van der Waals surface area contributed by atoms with Gasteiger partial charge in [0.25, 0.3) is 0 Å². The van der Waals surface area contributed by atoms with E-state index >= 15 is 0 Å². The fraction of sp³-hybridized carbons (Fsp3) is 0.333. The van der Waals surface area contributed by atoms with E-state index in [4.69, 9.17) is 10.7 Å². The van der Waals surface area contributed by atoms with Gasteiger partial charge in [-0.15, -0.1) is 0 Å². The quantitative estimate of drug-likeness (QED) is 0.872. The lowest BCUT2D eigenvalue weighted by atomic mass is 10.1. The number of nitrogen functional groups attached to an aromatic ring is 1. The minimum atomic E-state index is 0.646. The predicted molar refractivity (Wildman–Crippen MR) is 83.9 cm³/mol. The van der Waals surface area contributed by atoms with Crippen molar-refractivity contribution < 1.29 is 0 Å². The lowest BCUT2D eigenvalue weighted by Gasteiger charge is -2.12. The molecule has 2 N–H and O–H groups in total. The number of fused-ring (bicyclic) bond motifs is 2. The minimum absolute atomic E-state index is 0.646. The summed E-state index contributed by atoms with van der Waals surface area (Å²) >= 11 is 1.85. The fourth-order valence-corrected chi connectivity index (χ4v) is 3.96. The van der Waals surface area contributed by atoms with Crippen LogP contribution >= 0.6 is 11.8 Å². The third kappa shape index (κ3) is 1.77. The van der Waals surface area contributed by atoms with Gasteiger partial charge in [-0.05, 0) is 30.2 Å². The largest absolute Gasteiger partial charge is 0.383 e. The highest BCUT2D eigenvalue weighted by molar-refractivity contribution is 7.98. The van der Waals surface area contributed by atoms with Crippen molar-refractivity contribution in [3.05, 3.63) is 35.0 Å². The first-order valence-corrected chi connectivity index (χ1v) is 7.95. The number of thioether (sulfide) groups is 1. The van der Waals surface area contributed by atoms with Crippen molar-refractivity contribution in [1.29, 1.82) is 0 Å². The van der Waals surface area contributed by atoms with Crippen LogP contribution in [0.25, 0.3) is 11.4 Å². The molecule has 102 valence electrons. The number of benzene rings is 1. The van der Waals surface area contributed by atoms with Crippen LogP contribution in [0.4, 0.5) is 11.5 Å². The Labute approximate surface area is 122 Å². The molecule has 2 aliphatic rings. The first-order chi connectivity index (χ1) is 9.72. The molecule has 4 rings (SSSR count). The van der Waals surface area contributed by atoms with Crippen LogP contribution in [0.5, 0.6) is 0 Å². The standard InChI is InChI=1S/C15H16N4S/c1-19-5-4-9-6-10(2-3-13(9)19)15-17-12-8-20-7-11(12)14(16)18-15/h2-3,6H,4-5,7-8H2,1H3,(H2,16,17,18). The predicted octanol–water partition coefficient (Wildman–Crippen LogP) is 2.46. The highest BCUT2D eigenvalue weighted by atomic mass is 32.2.